The van der Waals surface area contributed by atoms with E-state index in [0.717, 1.165) is 36.3 Å². The van der Waals surface area contributed by atoms with E-state index in [1.807, 2.05) is 6.92 Å². The Labute approximate surface area is 742 Å². The summed E-state index contributed by atoms with van der Waals surface area (Å²) in [5.74, 6) is -17.9. The minimum Gasteiger partial charge on any atom is -0.508 e. The Morgan fingerprint density at radius 2 is 0.811 bits per heavy atom. The Bertz CT molecular complexity index is 4790. The van der Waals surface area contributed by atoms with Crippen LogP contribution in [0, 0.1) is 11.8 Å². The van der Waals surface area contributed by atoms with Gasteiger partial charge in [0.15, 0.2) is 0 Å². The van der Waals surface area contributed by atoms with Crippen molar-refractivity contribution in [1.82, 2.24) is 72.4 Å². The Morgan fingerprint density at radius 1 is 0.425 bits per heavy atom. The standard InChI is InChI=1S/C91H117N15O20S/c1-11-12-28-72-89(124)103(7)51-77(112)95-68(48-79(114)115)85(120)101-80(55(4)5)91(126)105(9)73(46-57-24-18-14-19-25-57)86(121)99-69(45-61-33-39-64(109)40-34-61)87(122)102(6)50-76(111)94-66(42-59-29-35-62(107)36-30-59)83(118)98-67(43-60-31-37-63(108)38-32-60)84(119)97-65(41-54(2)3)82(117)100-71(81(116)93-49-75(92)110)52-127-53-78(113)96-70(44-56-22-16-13-17-23-56)88(123)106(10)74(90(125)104(72)8)47-58-26-20-15-21-27-58/h13-27,29-40,54-55,65-74,80,107-109H,11-12,28,41-53H2,1-10H3,(H2,92,110)(H,93,116)(H,94,111)(H,95,112)(H,96,113)(H,97,119)(H,98,118)(H,99,121)(H,100,117)(H,101,120)(H,114,115)/t65-,66-,67-,68-,69-,70-,71-,72-,73-,74-,80-/m0/s1. The molecule has 6 aromatic carbocycles. The van der Waals surface area contributed by atoms with E-state index in [4.69, 9.17) is 5.73 Å². The fraction of sp³-hybridized carbons (Fsp3) is 0.429. The van der Waals surface area contributed by atoms with Crippen LogP contribution in [0.3, 0.4) is 0 Å². The van der Waals surface area contributed by atoms with Gasteiger partial charge < -0.3 is 98.5 Å². The Hall–Kier alpha value is -13.4. The van der Waals surface area contributed by atoms with Crippen LogP contribution in [0.5, 0.6) is 17.2 Å². The molecule has 1 aliphatic heterocycles. The summed E-state index contributed by atoms with van der Waals surface area (Å²) in [6.07, 6.45) is -1.69. The molecule has 15 N–H and O–H groups in total. The monoisotopic (exact) mass is 1770 g/mol. The first-order chi connectivity index (χ1) is 60.3. The van der Waals surface area contributed by atoms with Crippen molar-refractivity contribution < 1.29 is 97.1 Å². The minimum absolute atomic E-state index is 0.0266. The van der Waals surface area contributed by atoms with E-state index < -0.39 is 205 Å². The first-order valence-electron chi connectivity index (χ1n) is 41.8. The Morgan fingerprint density at radius 3 is 1.28 bits per heavy atom. The molecule has 0 aromatic heterocycles. The molecule has 11 atom stereocenters. The molecule has 682 valence electrons. The normalized spacial score (nSPS) is 22.0. The van der Waals surface area contributed by atoms with Crippen molar-refractivity contribution in [3.63, 3.8) is 0 Å². The van der Waals surface area contributed by atoms with E-state index in [2.05, 4.69) is 47.9 Å². The highest BCUT2D eigenvalue weighted by Gasteiger charge is 2.42. The van der Waals surface area contributed by atoms with Gasteiger partial charge in [0.05, 0.1) is 31.8 Å². The number of hydrogen-bond acceptors (Lipinski definition) is 20. The van der Waals surface area contributed by atoms with Gasteiger partial charge in [-0.3, -0.25) is 76.7 Å². The van der Waals surface area contributed by atoms with Gasteiger partial charge in [0, 0.05) is 79.5 Å². The number of aliphatic carboxylic acids is 1. The van der Waals surface area contributed by atoms with Crippen LogP contribution in [0.1, 0.15) is 100 Å². The van der Waals surface area contributed by atoms with Gasteiger partial charge in [-0.2, -0.15) is 0 Å². The first-order valence-corrected chi connectivity index (χ1v) is 43.0. The number of rotatable bonds is 23. The zero-order valence-electron chi connectivity index (χ0n) is 73.0. The number of hydrogen-bond donors (Lipinski definition) is 14. The summed E-state index contributed by atoms with van der Waals surface area (Å²) in [6.45, 7) is 6.08. The van der Waals surface area contributed by atoms with E-state index >= 15 is 33.6 Å². The third-order valence-electron chi connectivity index (χ3n) is 21.3. The van der Waals surface area contributed by atoms with Gasteiger partial charge >= 0.3 is 5.97 Å². The SMILES string of the molecule is CCCC[C@H]1C(=O)N(C)CC(=O)N[C@@H](CC(=O)O)C(=O)N[C@@H](C(C)C)C(=O)N(C)[C@@H](Cc2ccccc2)C(=O)N[C@@H](Cc2ccc(O)cc2)C(=O)N(C)CC(=O)N[C@@H](Cc2ccc(O)cc2)C(=O)N[C@@H](Cc2ccc(O)cc2)C(=O)N[C@@H](CC(C)C)C(=O)N[C@H](C(=O)NCC(N)=O)CSCC(=O)N[C@@H](Cc2ccccc2)C(=O)N(C)[C@@H](Cc2ccccc2)C(=O)N1C. The number of nitrogens with zero attached hydrogens (tertiary/aromatic N) is 5. The average Bonchev–Trinajstić information content (AvgIpc) is 0.849. The lowest BCUT2D eigenvalue weighted by molar-refractivity contribution is -0.151. The molecule has 0 unspecified atom stereocenters. The predicted octanol–water partition coefficient (Wildman–Crippen LogP) is 1.55. The number of amides is 15. The molecule has 7 rings (SSSR count). The topological polar surface area (TPSA) is 505 Å². The van der Waals surface area contributed by atoms with E-state index in [1.165, 1.54) is 108 Å². The summed E-state index contributed by atoms with van der Waals surface area (Å²) >= 11 is 0.818. The molecule has 35 nitrogen and oxygen atoms in total. The van der Waals surface area contributed by atoms with E-state index in [-0.39, 0.29) is 74.5 Å². The number of phenols is 3. The quantitative estimate of drug-likeness (QED) is 0.0433. The molecular weight excluding hydrogens is 1660 g/mol. The molecule has 15 amide bonds. The number of nitrogens with one attached hydrogen (secondary N) is 9. The number of carboxylic acid groups (broad SMARTS) is 1. The van der Waals surface area contributed by atoms with Gasteiger partial charge in [-0.1, -0.05) is 175 Å². The van der Waals surface area contributed by atoms with Gasteiger partial charge in [0.25, 0.3) is 0 Å². The number of nitrogens with two attached hydrogens (primary N) is 1. The Kier molecular flexibility index (Phi) is 39.1. The van der Waals surface area contributed by atoms with Crippen LogP contribution in [0.2, 0.25) is 0 Å². The fourth-order valence-electron chi connectivity index (χ4n) is 14.3. The van der Waals surface area contributed by atoms with Crippen LogP contribution >= 0.6 is 11.8 Å². The van der Waals surface area contributed by atoms with Crippen LogP contribution in [-0.4, -0.2) is 272 Å². The number of thioether (sulfide) groups is 1. The lowest BCUT2D eigenvalue weighted by Crippen LogP contribution is -2.61. The van der Waals surface area contributed by atoms with Gasteiger partial charge in [-0.05, 0) is 94.5 Å². The van der Waals surface area contributed by atoms with Crippen LogP contribution in [0.25, 0.3) is 0 Å². The number of carboxylic acids is 1. The minimum atomic E-state index is -1.91. The van der Waals surface area contributed by atoms with E-state index in [9.17, 15) is 63.6 Å². The number of phenolic OH excluding ortho intramolecular Hbond substituents is 3. The molecule has 6 aromatic rings. The van der Waals surface area contributed by atoms with Gasteiger partial charge in [-0.25, -0.2) is 0 Å². The molecule has 1 aliphatic rings. The summed E-state index contributed by atoms with van der Waals surface area (Å²) in [5.41, 5.74) is 8.24. The second kappa shape index (κ2) is 49.3. The predicted molar refractivity (Wildman–Crippen MR) is 472 cm³/mol. The largest absolute Gasteiger partial charge is 0.508 e. The number of likely N-dealkylation sites (N-methyl/N-ethyl adjacent to an activating group) is 5. The zero-order chi connectivity index (χ0) is 93.3. The van der Waals surface area contributed by atoms with Crippen LogP contribution in [0.4, 0.5) is 0 Å². The maximum atomic E-state index is 15.5. The van der Waals surface area contributed by atoms with Gasteiger partial charge in [0.1, 0.15) is 83.7 Å². The molecular formula is C91H117N15O20S. The van der Waals surface area contributed by atoms with Crippen molar-refractivity contribution in [2.75, 3.05) is 66.4 Å². The molecule has 1 fully saturated rings. The third-order valence-corrected chi connectivity index (χ3v) is 22.4. The van der Waals surface area contributed by atoms with Crippen LogP contribution < -0.4 is 53.6 Å². The highest BCUT2D eigenvalue weighted by atomic mass is 32.2. The first kappa shape index (κ1) is 101. The average molecular weight is 1770 g/mol. The number of carbonyl (C=O) groups is 16. The van der Waals surface area contributed by atoms with Crippen LogP contribution in [0.15, 0.2) is 164 Å². The molecule has 0 radical (unpaired) electrons. The maximum Gasteiger partial charge on any atom is 0.305 e. The molecule has 0 saturated carbocycles. The van der Waals surface area contributed by atoms with Crippen LogP contribution in [-0.2, 0) is 115 Å². The van der Waals surface area contributed by atoms with Crippen molar-refractivity contribution in [2.24, 2.45) is 17.6 Å². The molecule has 36 heteroatoms. The van der Waals surface area contributed by atoms with Crippen molar-refractivity contribution in [3.8, 4) is 17.2 Å². The third kappa shape index (κ3) is 32.0. The molecule has 0 bridgehead atoms. The van der Waals surface area contributed by atoms with Crippen molar-refractivity contribution in [2.45, 2.75) is 172 Å². The lowest BCUT2D eigenvalue weighted by Gasteiger charge is -2.37. The molecule has 127 heavy (non-hydrogen) atoms. The second-order valence-corrected chi connectivity index (χ2v) is 33.4. The molecule has 0 aliphatic carbocycles. The summed E-state index contributed by atoms with van der Waals surface area (Å²) in [4.78, 5) is 239. The summed E-state index contributed by atoms with van der Waals surface area (Å²) in [7, 11) is 6.48. The number of carbonyl (C=O) groups excluding carboxylic acids is 15. The summed E-state index contributed by atoms with van der Waals surface area (Å²) in [5, 5.41) is 64.9. The van der Waals surface area contributed by atoms with Crippen molar-refractivity contribution in [3.05, 3.63) is 197 Å². The number of benzene rings is 6. The number of aromatic hydroxyl groups is 3. The van der Waals surface area contributed by atoms with Gasteiger partial charge in [-0.15, -0.1) is 11.8 Å². The van der Waals surface area contributed by atoms with Gasteiger partial charge in [0.2, 0.25) is 88.6 Å². The maximum absolute atomic E-state index is 15.5. The van der Waals surface area contributed by atoms with Crippen molar-refractivity contribution >= 4 is 106 Å². The molecule has 1 saturated heterocycles. The zero-order valence-corrected chi connectivity index (χ0v) is 73.8. The van der Waals surface area contributed by atoms with Crippen molar-refractivity contribution in [1.29, 1.82) is 0 Å². The smallest absolute Gasteiger partial charge is 0.305 e. The molecule has 1 heterocycles. The summed E-state index contributed by atoms with van der Waals surface area (Å²) in [6, 6.07) is 25.4. The number of unbranched alkanes of at least 4 members (excludes halogenated alkanes) is 1. The molecule has 0 spiro atoms. The highest BCUT2D eigenvalue weighted by Crippen LogP contribution is 2.23. The Balaban J connectivity index is 1.33. The second-order valence-electron chi connectivity index (χ2n) is 32.4. The highest BCUT2D eigenvalue weighted by molar-refractivity contribution is 8.00. The fourth-order valence-corrected chi connectivity index (χ4v) is 15.2. The number of primary amides is 1. The summed E-state index contributed by atoms with van der Waals surface area (Å²) < 4.78 is 0. The van der Waals surface area contributed by atoms with E-state index in [0.29, 0.717) is 46.2 Å². The van der Waals surface area contributed by atoms with E-state index in [1.54, 1.807) is 119 Å². The lowest BCUT2D eigenvalue weighted by atomic mass is 9.98.